The highest BCUT2D eigenvalue weighted by Gasteiger charge is 2.35. The second-order valence-corrected chi connectivity index (χ2v) is 4.39. The minimum Gasteiger partial charge on any atom is -0.469 e. The second kappa shape index (κ2) is 5.49. The molecule has 15 heavy (non-hydrogen) atoms. The molecule has 1 aliphatic rings. The van der Waals surface area contributed by atoms with Crippen LogP contribution < -0.4 is 5.32 Å². The fourth-order valence-electron chi connectivity index (χ4n) is 1.88. The van der Waals surface area contributed by atoms with E-state index in [9.17, 15) is 4.79 Å². The Hall–Kier alpha value is -0.580. The zero-order chi connectivity index (χ0) is 9.97. The smallest absolute Gasteiger partial charge is 0.310 e. The maximum absolute atomic E-state index is 11.5. The third-order valence-corrected chi connectivity index (χ3v) is 3.63. The third kappa shape index (κ3) is 2.51. The number of nitrogens with one attached hydrogen (secondary N) is 1. The summed E-state index contributed by atoms with van der Waals surface area (Å²) in [5.74, 6) is 0.175. The van der Waals surface area contributed by atoms with E-state index >= 15 is 0 Å². The Balaban J connectivity index is 0.00000112. The lowest BCUT2D eigenvalue weighted by Crippen LogP contribution is -2.22. The summed E-state index contributed by atoms with van der Waals surface area (Å²) in [6, 6.07) is 4.10. The summed E-state index contributed by atoms with van der Waals surface area (Å²) in [4.78, 5) is 12.7. The number of carbonyl (C=O) groups excluding carboxylic acids is 1. The van der Waals surface area contributed by atoms with Gasteiger partial charge in [-0.15, -0.1) is 23.7 Å². The number of esters is 1. The Morgan fingerprint density at radius 1 is 1.60 bits per heavy atom. The van der Waals surface area contributed by atoms with Crippen LogP contribution >= 0.6 is 23.7 Å². The molecular formula is C10H14ClNO2S. The van der Waals surface area contributed by atoms with Crippen LogP contribution in [0.4, 0.5) is 0 Å². The molecule has 1 aromatic heterocycles. The summed E-state index contributed by atoms with van der Waals surface area (Å²) in [5, 5.41) is 5.28. The van der Waals surface area contributed by atoms with Crippen molar-refractivity contribution in [3.8, 4) is 0 Å². The average molecular weight is 248 g/mol. The predicted octanol–water partition coefficient (Wildman–Crippen LogP) is 1.65. The Labute approximate surface area is 99.2 Å². The van der Waals surface area contributed by atoms with Crippen molar-refractivity contribution in [1.29, 1.82) is 0 Å². The summed E-state index contributed by atoms with van der Waals surface area (Å²) >= 11 is 1.70. The van der Waals surface area contributed by atoms with Gasteiger partial charge >= 0.3 is 5.97 Å². The average Bonchev–Trinajstić information content (AvgIpc) is 2.85. The van der Waals surface area contributed by atoms with Crippen LogP contribution in [0.15, 0.2) is 17.5 Å². The van der Waals surface area contributed by atoms with E-state index in [-0.39, 0.29) is 24.3 Å². The zero-order valence-corrected chi connectivity index (χ0v) is 10.1. The number of carbonyl (C=O) groups is 1. The number of hydrogen-bond donors (Lipinski definition) is 1. The van der Waals surface area contributed by atoms with E-state index in [0.717, 1.165) is 13.1 Å². The molecule has 0 radical (unpaired) electrons. The Bertz CT molecular complexity index is 315. The van der Waals surface area contributed by atoms with E-state index in [2.05, 4.69) is 11.4 Å². The van der Waals surface area contributed by atoms with Crippen molar-refractivity contribution >= 4 is 29.7 Å². The number of hydrogen-bond acceptors (Lipinski definition) is 4. The van der Waals surface area contributed by atoms with E-state index in [4.69, 9.17) is 4.74 Å². The molecule has 1 fully saturated rings. The van der Waals surface area contributed by atoms with Gasteiger partial charge in [0, 0.05) is 23.9 Å². The van der Waals surface area contributed by atoms with Crippen LogP contribution in [0.1, 0.15) is 10.8 Å². The molecule has 0 saturated carbocycles. The maximum Gasteiger partial charge on any atom is 0.310 e. The Morgan fingerprint density at radius 2 is 2.40 bits per heavy atom. The van der Waals surface area contributed by atoms with Gasteiger partial charge in [-0.3, -0.25) is 4.79 Å². The van der Waals surface area contributed by atoms with Crippen molar-refractivity contribution in [3.05, 3.63) is 22.4 Å². The first-order valence-electron chi connectivity index (χ1n) is 4.65. The van der Waals surface area contributed by atoms with Crippen molar-refractivity contribution in [2.75, 3.05) is 20.2 Å². The highest BCUT2D eigenvalue weighted by Crippen LogP contribution is 2.31. The van der Waals surface area contributed by atoms with Gasteiger partial charge in [-0.2, -0.15) is 0 Å². The molecule has 2 rings (SSSR count). The molecule has 1 saturated heterocycles. The van der Waals surface area contributed by atoms with Gasteiger partial charge in [0.05, 0.1) is 13.0 Å². The topological polar surface area (TPSA) is 38.3 Å². The quantitative estimate of drug-likeness (QED) is 0.808. The molecule has 2 unspecified atom stereocenters. The molecule has 0 amide bonds. The number of methoxy groups -OCH3 is 1. The minimum atomic E-state index is -0.103. The monoisotopic (exact) mass is 247 g/mol. The highest BCUT2D eigenvalue weighted by molar-refractivity contribution is 7.10. The van der Waals surface area contributed by atoms with Crippen molar-refractivity contribution in [2.45, 2.75) is 5.92 Å². The number of ether oxygens (including phenoxy) is 1. The lowest BCUT2D eigenvalue weighted by atomic mass is 9.95. The molecule has 0 spiro atoms. The summed E-state index contributed by atoms with van der Waals surface area (Å²) in [5.41, 5.74) is 0. The van der Waals surface area contributed by atoms with E-state index in [1.54, 1.807) is 11.3 Å². The number of rotatable bonds is 2. The lowest BCUT2D eigenvalue weighted by Gasteiger charge is -2.14. The largest absolute Gasteiger partial charge is 0.469 e. The van der Waals surface area contributed by atoms with E-state index in [1.807, 2.05) is 11.4 Å². The van der Waals surface area contributed by atoms with Crippen molar-refractivity contribution in [1.82, 2.24) is 5.32 Å². The van der Waals surface area contributed by atoms with Gasteiger partial charge in [0.25, 0.3) is 0 Å². The van der Waals surface area contributed by atoms with Gasteiger partial charge in [-0.05, 0) is 11.4 Å². The van der Waals surface area contributed by atoms with Crippen LogP contribution in [0.25, 0.3) is 0 Å². The minimum absolute atomic E-state index is 0. The van der Waals surface area contributed by atoms with Crippen LogP contribution in [0.2, 0.25) is 0 Å². The summed E-state index contributed by atoms with van der Waals surface area (Å²) in [6.45, 7) is 1.61. The molecule has 0 bridgehead atoms. The normalized spacial score (nSPS) is 24.6. The predicted molar refractivity (Wildman–Crippen MR) is 62.7 cm³/mol. The van der Waals surface area contributed by atoms with E-state index in [1.165, 1.54) is 12.0 Å². The standard InChI is InChI=1S/C10H13NO2S.ClH/c1-13-10(12)8-6-11-5-7(8)9-3-2-4-14-9;/h2-4,7-8,11H,5-6H2,1H3;1H. The molecule has 3 nitrogen and oxygen atoms in total. The molecule has 2 heterocycles. The van der Waals surface area contributed by atoms with Crippen molar-refractivity contribution < 1.29 is 9.53 Å². The van der Waals surface area contributed by atoms with E-state index < -0.39 is 0 Å². The van der Waals surface area contributed by atoms with Gasteiger partial charge in [0.15, 0.2) is 0 Å². The second-order valence-electron chi connectivity index (χ2n) is 3.41. The van der Waals surface area contributed by atoms with Crippen LogP contribution in [-0.2, 0) is 9.53 Å². The van der Waals surface area contributed by atoms with Crippen LogP contribution in [-0.4, -0.2) is 26.2 Å². The molecule has 1 aromatic rings. The lowest BCUT2D eigenvalue weighted by molar-refractivity contribution is -0.145. The molecule has 1 N–H and O–H groups in total. The van der Waals surface area contributed by atoms with Gasteiger partial charge in [-0.1, -0.05) is 6.07 Å². The SMILES string of the molecule is COC(=O)C1CNCC1c1cccs1.Cl. The van der Waals surface area contributed by atoms with E-state index in [0.29, 0.717) is 5.92 Å². The number of halogens is 1. The molecule has 84 valence electrons. The first-order chi connectivity index (χ1) is 6.83. The van der Waals surface area contributed by atoms with Crippen LogP contribution in [0.5, 0.6) is 0 Å². The number of thiophene rings is 1. The van der Waals surface area contributed by atoms with Crippen LogP contribution in [0, 0.1) is 5.92 Å². The van der Waals surface area contributed by atoms with Gasteiger partial charge < -0.3 is 10.1 Å². The molecule has 2 atom stereocenters. The fourth-order valence-corrected chi connectivity index (χ4v) is 2.77. The highest BCUT2D eigenvalue weighted by atomic mass is 35.5. The van der Waals surface area contributed by atoms with Crippen LogP contribution in [0.3, 0.4) is 0 Å². The van der Waals surface area contributed by atoms with Crippen molar-refractivity contribution in [2.24, 2.45) is 5.92 Å². The third-order valence-electron chi connectivity index (χ3n) is 2.63. The first kappa shape index (κ1) is 12.5. The Kier molecular flexibility index (Phi) is 4.57. The zero-order valence-electron chi connectivity index (χ0n) is 8.43. The molecule has 5 heteroatoms. The summed E-state index contributed by atoms with van der Waals surface area (Å²) in [6.07, 6.45) is 0. The Morgan fingerprint density at radius 3 is 3.00 bits per heavy atom. The van der Waals surface area contributed by atoms with Gasteiger partial charge in [-0.25, -0.2) is 0 Å². The molecule has 0 aromatic carbocycles. The summed E-state index contributed by atoms with van der Waals surface area (Å²) < 4.78 is 4.79. The molecule has 1 aliphatic heterocycles. The molecular weight excluding hydrogens is 234 g/mol. The maximum atomic E-state index is 11.5. The van der Waals surface area contributed by atoms with Crippen molar-refractivity contribution in [3.63, 3.8) is 0 Å². The van der Waals surface area contributed by atoms with Gasteiger partial charge in [0.1, 0.15) is 0 Å². The first-order valence-corrected chi connectivity index (χ1v) is 5.53. The fraction of sp³-hybridized carbons (Fsp3) is 0.500. The molecule has 0 aliphatic carbocycles. The van der Waals surface area contributed by atoms with Gasteiger partial charge in [0.2, 0.25) is 0 Å². The summed E-state index contributed by atoms with van der Waals surface area (Å²) in [7, 11) is 1.45.